The van der Waals surface area contributed by atoms with E-state index < -0.39 is 10.9 Å². The molecule has 0 saturated carbocycles. The molecule has 2 aromatic carbocycles. The van der Waals surface area contributed by atoms with E-state index in [-0.39, 0.29) is 28.6 Å². The number of ether oxygens (including phenoxy) is 1. The van der Waals surface area contributed by atoms with E-state index in [0.29, 0.717) is 22.9 Å². The van der Waals surface area contributed by atoms with Crippen molar-refractivity contribution >= 4 is 22.4 Å². The van der Waals surface area contributed by atoms with Gasteiger partial charge in [-0.1, -0.05) is 32.0 Å². The van der Waals surface area contributed by atoms with Gasteiger partial charge < -0.3 is 4.74 Å². The molecule has 3 rings (SSSR count). The Balaban J connectivity index is 2.04. The van der Waals surface area contributed by atoms with Crippen molar-refractivity contribution in [3.05, 3.63) is 74.2 Å². The molecule has 0 aliphatic heterocycles. The second kappa shape index (κ2) is 7.59. The number of carbonyl (C=O) groups is 1. The highest BCUT2D eigenvalue weighted by atomic mass is 16.6. The van der Waals surface area contributed by atoms with Crippen LogP contribution in [0.2, 0.25) is 0 Å². The lowest BCUT2D eigenvalue weighted by Gasteiger charge is -2.12. The van der Waals surface area contributed by atoms with Crippen molar-refractivity contribution in [3.8, 4) is 5.75 Å². The van der Waals surface area contributed by atoms with Gasteiger partial charge in [0.15, 0.2) is 5.69 Å². The highest BCUT2D eigenvalue weighted by molar-refractivity contribution is 6.02. The Morgan fingerprint density at radius 1 is 1.21 bits per heavy atom. The number of rotatable bonds is 5. The normalized spacial score (nSPS) is 11.0. The van der Waals surface area contributed by atoms with Crippen LogP contribution >= 0.6 is 0 Å². The van der Waals surface area contributed by atoms with E-state index in [2.05, 4.69) is 5.10 Å². The quantitative estimate of drug-likeness (QED) is 0.290. The number of nitro groups is 1. The molecule has 0 atom stereocenters. The lowest BCUT2D eigenvalue weighted by Crippen LogP contribution is -2.28. The molecule has 0 amide bonds. The first kappa shape index (κ1) is 19.2. The minimum Gasteiger partial charge on any atom is -0.422 e. The molecule has 8 heteroatoms. The third kappa shape index (κ3) is 3.75. The van der Waals surface area contributed by atoms with Gasteiger partial charge in [-0.15, -0.1) is 0 Å². The highest BCUT2D eigenvalue weighted by Crippen LogP contribution is 2.24. The molecule has 28 heavy (non-hydrogen) atoms. The summed E-state index contributed by atoms with van der Waals surface area (Å²) in [5.41, 5.74) is 0.0608. The summed E-state index contributed by atoms with van der Waals surface area (Å²) in [7, 11) is 0. The largest absolute Gasteiger partial charge is 0.422 e. The van der Waals surface area contributed by atoms with Crippen molar-refractivity contribution in [1.82, 2.24) is 9.78 Å². The van der Waals surface area contributed by atoms with Crippen molar-refractivity contribution in [3.63, 3.8) is 0 Å². The van der Waals surface area contributed by atoms with E-state index in [1.807, 2.05) is 13.8 Å². The number of nitro benzene ring substituents is 1. The van der Waals surface area contributed by atoms with E-state index in [1.54, 1.807) is 31.2 Å². The van der Waals surface area contributed by atoms with Gasteiger partial charge in [0.2, 0.25) is 0 Å². The van der Waals surface area contributed by atoms with Crippen LogP contribution in [0.5, 0.6) is 5.75 Å². The molecule has 0 N–H and O–H groups in total. The zero-order valence-corrected chi connectivity index (χ0v) is 15.7. The standard InChI is InChI=1S/C20H19N3O5/c1-12(2)11-22-19(24)16-7-5-4-6-15(16)18(21-22)20(25)28-14-8-9-17(23(26)27)13(3)10-14/h4-10,12H,11H2,1-3H3. The summed E-state index contributed by atoms with van der Waals surface area (Å²) < 4.78 is 6.65. The van der Waals surface area contributed by atoms with Gasteiger partial charge in [-0.3, -0.25) is 14.9 Å². The number of benzene rings is 2. The van der Waals surface area contributed by atoms with Gasteiger partial charge in [-0.05, 0) is 31.0 Å². The number of carbonyl (C=O) groups excluding carboxylic acids is 1. The fourth-order valence-corrected chi connectivity index (χ4v) is 2.91. The van der Waals surface area contributed by atoms with Crippen LogP contribution in [0.4, 0.5) is 5.69 Å². The van der Waals surface area contributed by atoms with Crippen LogP contribution in [0.15, 0.2) is 47.3 Å². The number of hydrogen-bond acceptors (Lipinski definition) is 6. The van der Waals surface area contributed by atoms with Gasteiger partial charge in [0.25, 0.3) is 11.2 Å². The van der Waals surface area contributed by atoms with Crippen molar-refractivity contribution < 1.29 is 14.5 Å². The Labute approximate surface area is 160 Å². The first-order valence-electron chi connectivity index (χ1n) is 8.75. The first-order chi connectivity index (χ1) is 13.3. The molecule has 0 bridgehead atoms. The number of fused-ring (bicyclic) bond motifs is 1. The monoisotopic (exact) mass is 381 g/mol. The van der Waals surface area contributed by atoms with E-state index in [4.69, 9.17) is 4.74 Å². The maximum atomic E-state index is 12.8. The fraction of sp³-hybridized carbons (Fsp3) is 0.250. The zero-order valence-electron chi connectivity index (χ0n) is 15.7. The first-order valence-corrected chi connectivity index (χ1v) is 8.75. The molecular formula is C20H19N3O5. The van der Waals surface area contributed by atoms with Gasteiger partial charge in [-0.25, -0.2) is 9.48 Å². The van der Waals surface area contributed by atoms with E-state index in [9.17, 15) is 19.7 Å². The third-order valence-electron chi connectivity index (χ3n) is 4.17. The predicted octanol–water partition coefficient (Wildman–Crippen LogP) is 3.49. The molecular weight excluding hydrogens is 362 g/mol. The molecule has 0 radical (unpaired) electrons. The van der Waals surface area contributed by atoms with Crippen LogP contribution in [0.1, 0.15) is 29.9 Å². The van der Waals surface area contributed by atoms with Crippen LogP contribution in [-0.2, 0) is 6.54 Å². The molecule has 1 heterocycles. The zero-order chi connectivity index (χ0) is 20.4. The number of aromatic nitrogens is 2. The van der Waals surface area contributed by atoms with Crippen molar-refractivity contribution in [1.29, 1.82) is 0 Å². The van der Waals surface area contributed by atoms with Crippen molar-refractivity contribution in [2.75, 3.05) is 0 Å². The summed E-state index contributed by atoms with van der Waals surface area (Å²) in [5, 5.41) is 15.9. The van der Waals surface area contributed by atoms with E-state index in [1.165, 1.54) is 22.9 Å². The number of hydrogen-bond donors (Lipinski definition) is 0. The minimum absolute atomic E-state index is 0.0202. The van der Waals surface area contributed by atoms with Gasteiger partial charge in [0.05, 0.1) is 10.3 Å². The molecule has 0 aliphatic carbocycles. The molecule has 0 spiro atoms. The van der Waals surface area contributed by atoms with E-state index in [0.717, 1.165) is 0 Å². The highest BCUT2D eigenvalue weighted by Gasteiger charge is 2.20. The lowest BCUT2D eigenvalue weighted by molar-refractivity contribution is -0.385. The number of nitrogens with zero attached hydrogens (tertiary/aromatic N) is 3. The Morgan fingerprint density at radius 3 is 2.50 bits per heavy atom. The second-order valence-corrected chi connectivity index (χ2v) is 6.87. The summed E-state index contributed by atoms with van der Waals surface area (Å²) in [4.78, 5) is 35.8. The molecule has 8 nitrogen and oxygen atoms in total. The molecule has 1 aromatic heterocycles. The van der Waals surface area contributed by atoms with Crippen LogP contribution in [0.3, 0.4) is 0 Å². The van der Waals surface area contributed by atoms with Gasteiger partial charge in [0, 0.05) is 23.6 Å². The van der Waals surface area contributed by atoms with Crippen LogP contribution in [0.25, 0.3) is 10.8 Å². The van der Waals surface area contributed by atoms with Gasteiger partial charge in [-0.2, -0.15) is 5.10 Å². The summed E-state index contributed by atoms with van der Waals surface area (Å²) in [6.45, 7) is 5.81. The average Bonchev–Trinajstić information content (AvgIpc) is 2.63. The topological polar surface area (TPSA) is 104 Å². The maximum absolute atomic E-state index is 12.8. The fourth-order valence-electron chi connectivity index (χ4n) is 2.91. The lowest BCUT2D eigenvalue weighted by atomic mass is 10.1. The van der Waals surface area contributed by atoms with Crippen LogP contribution in [-0.4, -0.2) is 20.7 Å². The van der Waals surface area contributed by atoms with Gasteiger partial charge in [0.1, 0.15) is 5.75 Å². The molecule has 144 valence electrons. The molecule has 0 saturated heterocycles. The summed E-state index contributed by atoms with van der Waals surface area (Å²) in [6.07, 6.45) is 0. The van der Waals surface area contributed by atoms with Crippen molar-refractivity contribution in [2.24, 2.45) is 5.92 Å². The Bertz CT molecular complexity index is 1130. The number of aryl methyl sites for hydroxylation is 1. The van der Waals surface area contributed by atoms with Gasteiger partial charge >= 0.3 is 5.97 Å². The Hall–Kier alpha value is -3.55. The predicted molar refractivity (Wildman–Crippen MR) is 104 cm³/mol. The van der Waals surface area contributed by atoms with E-state index >= 15 is 0 Å². The minimum atomic E-state index is -0.734. The molecule has 0 unspecified atom stereocenters. The Kier molecular flexibility index (Phi) is 5.21. The summed E-state index contributed by atoms with van der Waals surface area (Å²) in [6, 6.07) is 10.8. The maximum Gasteiger partial charge on any atom is 0.364 e. The number of esters is 1. The van der Waals surface area contributed by atoms with Crippen LogP contribution < -0.4 is 10.3 Å². The summed E-state index contributed by atoms with van der Waals surface area (Å²) >= 11 is 0. The molecule has 3 aromatic rings. The third-order valence-corrected chi connectivity index (χ3v) is 4.17. The second-order valence-electron chi connectivity index (χ2n) is 6.87. The summed E-state index contributed by atoms with van der Waals surface area (Å²) in [5.74, 6) is -0.407. The average molecular weight is 381 g/mol. The molecule has 0 aliphatic rings. The van der Waals surface area contributed by atoms with Crippen molar-refractivity contribution in [2.45, 2.75) is 27.3 Å². The smallest absolute Gasteiger partial charge is 0.364 e. The Morgan fingerprint density at radius 2 is 1.89 bits per heavy atom. The SMILES string of the molecule is Cc1cc(OC(=O)c2nn(CC(C)C)c(=O)c3ccccc23)ccc1[N+](=O)[O-]. The van der Waals surface area contributed by atoms with Crippen LogP contribution in [0, 0.1) is 23.0 Å². The molecule has 0 fully saturated rings.